The number of ether oxygens (including phenoxy) is 3. The van der Waals surface area contributed by atoms with Crippen LogP contribution in [0.3, 0.4) is 0 Å². The second-order valence-electron chi connectivity index (χ2n) is 5.99. The Morgan fingerprint density at radius 3 is 2.25 bits per heavy atom. The van der Waals surface area contributed by atoms with E-state index in [2.05, 4.69) is 5.32 Å². The van der Waals surface area contributed by atoms with Gasteiger partial charge < -0.3 is 19.9 Å². The zero-order valence-electron chi connectivity index (χ0n) is 16.4. The van der Waals surface area contributed by atoms with Crippen molar-refractivity contribution in [2.45, 2.75) is 26.3 Å². The summed E-state index contributed by atoms with van der Waals surface area (Å²) >= 11 is 0. The Morgan fingerprint density at radius 1 is 1.00 bits per heavy atom. The summed E-state index contributed by atoms with van der Waals surface area (Å²) in [7, 11) is 1.54. The molecule has 0 spiro atoms. The lowest BCUT2D eigenvalue weighted by Gasteiger charge is -2.16. The van der Waals surface area contributed by atoms with Crippen molar-refractivity contribution in [3.8, 4) is 17.2 Å². The largest absolute Gasteiger partial charge is 0.497 e. The first-order valence-electron chi connectivity index (χ1n) is 9.11. The third-order valence-electron chi connectivity index (χ3n) is 4.01. The second kappa shape index (κ2) is 10.3. The monoisotopic (exact) mass is 386 g/mol. The summed E-state index contributed by atoms with van der Waals surface area (Å²) in [5, 5.41) is 2.35. The van der Waals surface area contributed by atoms with E-state index in [9.17, 15) is 9.59 Å². The number of carbonyl (C=O) groups is 2. The summed E-state index contributed by atoms with van der Waals surface area (Å²) in [5.74, 6) is 0.888. The third-order valence-corrected chi connectivity index (χ3v) is 4.01. The molecule has 3 N–H and O–H groups in total. The summed E-state index contributed by atoms with van der Waals surface area (Å²) < 4.78 is 16.2. The molecule has 7 heteroatoms. The zero-order valence-corrected chi connectivity index (χ0v) is 16.4. The average molecular weight is 386 g/mol. The molecule has 7 nitrogen and oxygen atoms in total. The Morgan fingerprint density at radius 2 is 1.64 bits per heavy atom. The molecular weight excluding hydrogens is 360 g/mol. The van der Waals surface area contributed by atoms with Crippen molar-refractivity contribution in [3.05, 3.63) is 53.6 Å². The van der Waals surface area contributed by atoms with E-state index in [1.54, 1.807) is 42.5 Å². The van der Waals surface area contributed by atoms with Crippen molar-refractivity contribution in [2.75, 3.05) is 20.3 Å². The topological polar surface area (TPSA) is 99.9 Å². The Hall–Kier alpha value is -3.06. The number of amides is 2. The van der Waals surface area contributed by atoms with Gasteiger partial charge in [-0.1, -0.05) is 6.07 Å². The van der Waals surface area contributed by atoms with E-state index in [0.717, 1.165) is 5.56 Å². The summed E-state index contributed by atoms with van der Waals surface area (Å²) in [6, 6.07) is 11.2. The lowest BCUT2D eigenvalue weighted by Crippen LogP contribution is -2.32. The molecule has 2 aromatic rings. The van der Waals surface area contributed by atoms with Crippen LogP contribution in [0.25, 0.3) is 0 Å². The molecule has 1 atom stereocenters. The first-order chi connectivity index (χ1) is 13.5. The minimum atomic E-state index is -0.585. The number of hydrogen-bond donors (Lipinski definition) is 2. The summed E-state index contributed by atoms with van der Waals surface area (Å²) in [6.07, 6.45) is -0.0402. The maximum absolute atomic E-state index is 12.2. The Kier molecular flexibility index (Phi) is 7.83. The van der Waals surface area contributed by atoms with Gasteiger partial charge in [0.05, 0.1) is 20.3 Å². The highest BCUT2D eigenvalue weighted by molar-refractivity contribution is 6.04. The second-order valence-corrected chi connectivity index (χ2v) is 5.99. The number of methoxy groups -OCH3 is 1. The van der Waals surface area contributed by atoms with Crippen molar-refractivity contribution in [3.63, 3.8) is 0 Å². The van der Waals surface area contributed by atoms with Gasteiger partial charge in [-0.05, 0) is 55.8 Å². The number of hydrogen-bond acceptors (Lipinski definition) is 6. The fourth-order valence-corrected chi connectivity index (χ4v) is 2.61. The predicted molar refractivity (Wildman–Crippen MR) is 106 cm³/mol. The number of carbonyl (C=O) groups excluding carboxylic acids is 2. The van der Waals surface area contributed by atoms with Crippen molar-refractivity contribution in [1.82, 2.24) is 5.32 Å². The molecule has 0 radical (unpaired) electrons. The smallest absolute Gasteiger partial charge is 0.257 e. The van der Waals surface area contributed by atoms with Crippen LogP contribution in [-0.2, 0) is 4.79 Å². The molecule has 1 unspecified atom stereocenters. The molecule has 28 heavy (non-hydrogen) atoms. The highest BCUT2D eigenvalue weighted by Gasteiger charge is 2.17. The van der Waals surface area contributed by atoms with Gasteiger partial charge in [0.25, 0.3) is 5.91 Å². The molecule has 0 aliphatic carbocycles. The van der Waals surface area contributed by atoms with E-state index in [1.807, 2.05) is 13.8 Å². The molecule has 2 aromatic carbocycles. The molecular formula is C21H26N2O5. The Labute approximate surface area is 164 Å². The van der Waals surface area contributed by atoms with Crippen LogP contribution >= 0.6 is 0 Å². The maximum atomic E-state index is 12.2. The third kappa shape index (κ3) is 5.72. The average Bonchev–Trinajstić information content (AvgIpc) is 2.69. The van der Waals surface area contributed by atoms with E-state index in [0.29, 0.717) is 36.0 Å². The molecule has 150 valence electrons. The van der Waals surface area contributed by atoms with Gasteiger partial charge >= 0.3 is 0 Å². The lowest BCUT2D eigenvalue weighted by molar-refractivity contribution is -0.120. The van der Waals surface area contributed by atoms with Gasteiger partial charge in [-0.3, -0.25) is 14.9 Å². The van der Waals surface area contributed by atoms with Crippen LogP contribution in [0.2, 0.25) is 0 Å². The molecule has 0 aliphatic heterocycles. The van der Waals surface area contributed by atoms with Crippen LogP contribution < -0.4 is 25.3 Å². The van der Waals surface area contributed by atoms with E-state index in [-0.39, 0.29) is 6.42 Å². The molecule has 2 rings (SSSR count). The SMILES string of the molecule is CCOc1ccc(C(N)CC(=O)NC(=O)c2ccc(OC)cc2)cc1OCC. The molecule has 0 bridgehead atoms. The van der Waals surface area contributed by atoms with Crippen LogP contribution in [0, 0.1) is 0 Å². The maximum Gasteiger partial charge on any atom is 0.257 e. The minimum absolute atomic E-state index is 0.0402. The first kappa shape index (κ1) is 21.2. The van der Waals surface area contributed by atoms with Gasteiger partial charge in [-0.25, -0.2) is 0 Å². The Bertz CT molecular complexity index is 805. The standard InChI is InChI=1S/C21H26N2O5/c1-4-27-18-11-8-15(12-19(18)28-5-2)17(22)13-20(24)23-21(25)14-6-9-16(26-3)10-7-14/h6-12,17H,4-5,13,22H2,1-3H3,(H,23,24,25). The molecule has 0 saturated carbocycles. The van der Waals surface area contributed by atoms with E-state index in [4.69, 9.17) is 19.9 Å². The predicted octanol–water partition coefficient (Wildman–Crippen LogP) is 2.84. The van der Waals surface area contributed by atoms with Crippen LogP contribution in [-0.4, -0.2) is 32.1 Å². The normalized spacial score (nSPS) is 11.4. The molecule has 0 fully saturated rings. The minimum Gasteiger partial charge on any atom is -0.497 e. The van der Waals surface area contributed by atoms with Crippen LogP contribution in [0.15, 0.2) is 42.5 Å². The van der Waals surface area contributed by atoms with Gasteiger partial charge in [0.1, 0.15) is 5.75 Å². The number of imide groups is 1. The fraction of sp³-hybridized carbons (Fsp3) is 0.333. The van der Waals surface area contributed by atoms with Crippen molar-refractivity contribution >= 4 is 11.8 Å². The highest BCUT2D eigenvalue weighted by Crippen LogP contribution is 2.31. The van der Waals surface area contributed by atoms with Gasteiger partial charge in [-0.2, -0.15) is 0 Å². The van der Waals surface area contributed by atoms with E-state index >= 15 is 0 Å². The van der Waals surface area contributed by atoms with Crippen LogP contribution in [0.5, 0.6) is 17.2 Å². The van der Waals surface area contributed by atoms with Gasteiger partial charge in [0.2, 0.25) is 5.91 Å². The first-order valence-corrected chi connectivity index (χ1v) is 9.11. The highest BCUT2D eigenvalue weighted by atomic mass is 16.5. The van der Waals surface area contributed by atoms with Crippen LogP contribution in [0.4, 0.5) is 0 Å². The Balaban J connectivity index is 2.00. The molecule has 2 amide bonds. The number of nitrogens with two attached hydrogens (primary N) is 1. The van der Waals surface area contributed by atoms with Crippen molar-refractivity contribution in [2.24, 2.45) is 5.73 Å². The molecule has 0 heterocycles. The fourth-order valence-electron chi connectivity index (χ4n) is 2.61. The molecule has 0 aliphatic rings. The van der Waals surface area contributed by atoms with Gasteiger partial charge in [-0.15, -0.1) is 0 Å². The summed E-state index contributed by atoms with van der Waals surface area (Å²) in [6.45, 7) is 4.76. The molecule has 0 aromatic heterocycles. The lowest BCUT2D eigenvalue weighted by atomic mass is 10.0. The summed E-state index contributed by atoms with van der Waals surface area (Å²) in [5.41, 5.74) is 7.24. The van der Waals surface area contributed by atoms with Crippen molar-refractivity contribution in [1.29, 1.82) is 0 Å². The number of nitrogens with one attached hydrogen (secondary N) is 1. The zero-order chi connectivity index (χ0) is 20.5. The van der Waals surface area contributed by atoms with E-state index < -0.39 is 17.9 Å². The van der Waals surface area contributed by atoms with Gasteiger partial charge in [0.15, 0.2) is 11.5 Å². The van der Waals surface area contributed by atoms with E-state index in [1.165, 1.54) is 7.11 Å². The van der Waals surface area contributed by atoms with Gasteiger partial charge in [0, 0.05) is 18.0 Å². The number of rotatable bonds is 9. The summed E-state index contributed by atoms with van der Waals surface area (Å²) in [4.78, 5) is 24.4. The number of benzene rings is 2. The van der Waals surface area contributed by atoms with Crippen molar-refractivity contribution < 1.29 is 23.8 Å². The molecule has 0 saturated heterocycles. The quantitative estimate of drug-likeness (QED) is 0.687. The van der Waals surface area contributed by atoms with Crippen LogP contribution in [0.1, 0.15) is 42.2 Å².